The first-order valence-electron chi connectivity index (χ1n) is 16.8. The van der Waals surface area contributed by atoms with Gasteiger partial charge in [0, 0.05) is 28.4 Å². The Kier molecular flexibility index (Phi) is 26.5. The van der Waals surface area contributed by atoms with Crippen molar-refractivity contribution in [1.82, 2.24) is 4.98 Å². The number of hydrogen-bond donors (Lipinski definition) is 1. The highest BCUT2D eigenvalue weighted by Gasteiger charge is 2.17. The molecular formula is C42H61ClFN. The molecule has 0 aliphatic heterocycles. The number of aromatic nitrogens is 1. The van der Waals surface area contributed by atoms with E-state index in [4.69, 9.17) is 18.0 Å². The monoisotopic (exact) mass is 633 g/mol. The Hall–Kier alpha value is -3.20. The normalized spacial score (nSPS) is 14.2. The van der Waals surface area contributed by atoms with Gasteiger partial charge >= 0.3 is 0 Å². The molecule has 45 heavy (non-hydrogen) atoms. The minimum absolute atomic E-state index is 0.221. The van der Waals surface area contributed by atoms with Gasteiger partial charge in [-0.1, -0.05) is 102 Å². The van der Waals surface area contributed by atoms with E-state index in [-0.39, 0.29) is 5.82 Å². The van der Waals surface area contributed by atoms with Gasteiger partial charge in [0.15, 0.2) is 0 Å². The van der Waals surface area contributed by atoms with Crippen molar-refractivity contribution in [2.24, 2.45) is 5.92 Å². The zero-order valence-corrected chi connectivity index (χ0v) is 30.8. The molecule has 1 aromatic heterocycles. The highest BCUT2D eigenvalue weighted by Crippen LogP contribution is 2.30. The molecule has 1 aliphatic carbocycles. The number of aromatic amines is 1. The first kappa shape index (κ1) is 43.9. The molecule has 1 aliphatic rings. The lowest BCUT2D eigenvalue weighted by atomic mass is 9.84. The Morgan fingerprint density at radius 1 is 1.02 bits per heavy atom. The predicted molar refractivity (Wildman–Crippen MR) is 202 cm³/mol. The second-order valence-corrected chi connectivity index (χ2v) is 11.0. The van der Waals surface area contributed by atoms with Gasteiger partial charge in [0.2, 0.25) is 0 Å². The van der Waals surface area contributed by atoms with Gasteiger partial charge in [0.25, 0.3) is 0 Å². The molecule has 0 bridgehead atoms. The first-order chi connectivity index (χ1) is 21.7. The lowest BCUT2D eigenvalue weighted by Gasteiger charge is -2.21. The van der Waals surface area contributed by atoms with E-state index in [1.165, 1.54) is 60.2 Å². The predicted octanol–water partition coefficient (Wildman–Crippen LogP) is 13.5. The van der Waals surface area contributed by atoms with E-state index in [1.54, 1.807) is 17.2 Å². The number of rotatable bonds is 10. The van der Waals surface area contributed by atoms with Crippen molar-refractivity contribution in [1.29, 1.82) is 0 Å². The molecule has 0 spiro atoms. The third-order valence-corrected chi connectivity index (χ3v) is 8.27. The van der Waals surface area contributed by atoms with Crippen molar-refractivity contribution in [2.75, 3.05) is 0 Å². The molecule has 1 heterocycles. The minimum atomic E-state index is -0.221. The number of benzene rings is 1. The quantitative estimate of drug-likeness (QED) is 0.152. The van der Waals surface area contributed by atoms with Gasteiger partial charge in [-0.15, -0.1) is 19.3 Å². The number of halogens is 2. The molecule has 1 unspecified atom stereocenters. The van der Waals surface area contributed by atoms with Crippen LogP contribution in [0.2, 0.25) is 5.02 Å². The molecule has 3 rings (SSSR count). The Morgan fingerprint density at radius 3 is 2.18 bits per heavy atom. The third kappa shape index (κ3) is 16.1. The SMILES string of the molecule is C#C.C#C/C(CCC)=C(C)\C(=C/C)CC.CC.CCCC/C(CC)=C(\C)C1C=Cc2[nH]ccc2C1.CCc1cc(F)ccc1Cl. The summed E-state index contributed by atoms with van der Waals surface area (Å²) < 4.78 is 12.5. The molecular weight excluding hydrogens is 573 g/mol. The molecule has 1 atom stereocenters. The van der Waals surface area contributed by atoms with Crippen LogP contribution in [0.3, 0.4) is 0 Å². The smallest absolute Gasteiger partial charge is 0.123 e. The number of terminal acetylenes is 2. The molecule has 0 fully saturated rings. The van der Waals surface area contributed by atoms with E-state index >= 15 is 0 Å². The number of H-pyrrole nitrogens is 1. The maximum Gasteiger partial charge on any atom is 0.123 e. The zero-order chi connectivity index (χ0) is 34.8. The average molecular weight is 634 g/mol. The second-order valence-electron chi connectivity index (χ2n) is 10.6. The summed E-state index contributed by atoms with van der Waals surface area (Å²) in [5, 5.41) is 0.643. The minimum Gasteiger partial charge on any atom is -0.361 e. The fraction of sp³-hybridized carbons (Fsp3) is 0.476. The van der Waals surface area contributed by atoms with E-state index in [9.17, 15) is 4.39 Å². The summed E-state index contributed by atoms with van der Waals surface area (Å²) in [6.45, 7) is 21.4. The number of aryl methyl sites for hydroxylation is 1. The second kappa shape index (κ2) is 27.1. The maximum absolute atomic E-state index is 12.5. The average Bonchev–Trinajstić information content (AvgIpc) is 3.56. The number of fused-ring (bicyclic) bond motifs is 1. The molecule has 0 saturated carbocycles. The van der Waals surface area contributed by atoms with E-state index in [0.717, 1.165) is 43.2 Å². The molecule has 0 amide bonds. The topological polar surface area (TPSA) is 15.8 Å². The van der Waals surface area contributed by atoms with Crippen LogP contribution < -0.4 is 0 Å². The Labute approximate surface area is 282 Å². The summed E-state index contributed by atoms with van der Waals surface area (Å²) in [5.74, 6) is 3.18. The van der Waals surface area contributed by atoms with Crippen LogP contribution in [0.25, 0.3) is 6.08 Å². The highest BCUT2D eigenvalue weighted by atomic mass is 35.5. The number of allylic oxidation sites excluding steroid dienone is 7. The summed E-state index contributed by atoms with van der Waals surface area (Å²) >= 11 is 5.73. The third-order valence-electron chi connectivity index (χ3n) is 7.90. The summed E-state index contributed by atoms with van der Waals surface area (Å²) in [6.07, 6.45) is 32.6. The molecule has 0 radical (unpaired) electrons. The van der Waals surface area contributed by atoms with E-state index in [0.29, 0.717) is 10.9 Å². The van der Waals surface area contributed by atoms with Gasteiger partial charge in [0.05, 0.1) is 0 Å². The molecule has 0 saturated heterocycles. The van der Waals surface area contributed by atoms with Crippen LogP contribution in [0.5, 0.6) is 0 Å². The molecule has 1 aromatic carbocycles. The number of nitrogens with one attached hydrogen (secondary N) is 1. The van der Waals surface area contributed by atoms with Gasteiger partial charge in [-0.05, 0) is 118 Å². The molecule has 1 N–H and O–H groups in total. The highest BCUT2D eigenvalue weighted by molar-refractivity contribution is 6.31. The first-order valence-corrected chi connectivity index (χ1v) is 17.2. The summed E-state index contributed by atoms with van der Waals surface area (Å²) in [7, 11) is 0. The van der Waals surface area contributed by atoms with Crippen LogP contribution >= 0.6 is 11.6 Å². The maximum atomic E-state index is 12.5. The Bertz CT molecular complexity index is 1280. The molecule has 248 valence electrons. The largest absolute Gasteiger partial charge is 0.361 e. The van der Waals surface area contributed by atoms with Crippen LogP contribution in [-0.2, 0) is 12.8 Å². The van der Waals surface area contributed by atoms with Gasteiger partial charge in [0.1, 0.15) is 5.82 Å². The van der Waals surface area contributed by atoms with E-state index in [1.807, 2.05) is 27.0 Å². The van der Waals surface area contributed by atoms with E-state index in [2.05, 4.69) is 96.5 Å². The number of unbranched alkanes of at least 4 members (excludes halogenated alkanes) is 1. The van der Waals surface area contributed by atoms with Gasteiger partial charge in [-0.25, -0.2) is 4.39 Å². The van der Waals surface area contributed by atoms with Crippen molar-refractivity contribution in [3.8, 4) is 25.2 Å². The lowest BCUT2D eigenvalue weighted by Crippen LogP contribution is -2.09. The van der Waals surface area contributed by atoms with Crippen LogP contribution in [0, 0.1) is 36.9 Å². The van der Waals surface area contributed by atoms with Gasteiger partial charge in [-0.3, -0.25) is 0 Å². The summed E-state index contributed by atoms with van der Waals surface area (Å²) in [4.78, 5) is 3.29. The van der Waals surface area contributed by atoms with Crippen LogP contribution in [0.1, 0.15) is 131 Å². The Morgan fingerprint density at radius 2 is 1.69 bits per heavy atom. The van der Waals surface area contributed by atoms with E-state index < -0.39 is 0 Å². The fourth-order valence-corrected chi connectivity index (χ4v) is 5.43. The van der Waals surface area contributed by atoms with Crippen molar-refractivity contribution >= 4 is 17.7 Å². The van der Waals surface area contributed by atoms with Crippen molar-refractivity contribution in [2.45, 2.75) is 127 Å². The standard InChI is InChI=1S/C17H25N.C13H20.C8H8ClF.C2H6.C2H2/c1-4-6-7-14(5-2)13(3)15-8-9-17-16(12-15)10-11-18-17;1-6-10-13(9-4)11(5)12(7-2)8-3;1-2-6-5-7(10)3-4-8(6)9;2*1-2/h8-11,15,18H,4-7,12H2,1-3H3;4,7H,6,8,10H2,1-3,5H3;3-5H,2H2,1H3;1-2H3;1-2H/b14-13+;12-7-,13-11+;;;. The van der Waals surface area contributed by atoms with Crippen molar-refractivity contribution in [3.63, 3.8) is 0 Å². The fourth-order valence-electron chi connectivity index (χ4n) is 5.18. The Balaban J connectivity index is 0. The van der Waals surface area contributed by atoms with Crippen LogP contribution in [0.15, 0.2) is 70.5 Å². The lowest BCUT2D eigenvalue weighted by molar-refractivity contribution is 0.626. The summed E-state index contributed by atoms with van der Waals surface area (Å²) in [5.41, 5.74) is 10.7. The molecule has 2 aromatic rings. The van der Waals surface area contributed by atoms with Crippen molar-refractivity contribution in [3.05, 3.63) is 98.1 Å². The molecule has 3 heteroatoms. The van der Waals surface area contributed by atoms with Crippen molar-refractivity contribution < 1.29 is 4.39 Å². The van der Waals surface area contributed by atoms with Gasteiger partial charge in [-0.2, -0.15) is 0 Å². The number of hydrogen-bond acceptors (Lipinski definition) is 0. The van der Waals surface area contributed by atoms with Crippen LogP contribution in [0.4, 0.5) is 4.39 Å². The van der Waals surface area contributed by atoms with Gasteiger partial charge < -0.3 is 4.98 Å². The van der Waals surface area contributed by atoms with Crippen LogP contribution in [-0.4, -0.2) is 4.98 Å². The molecule has 1 nitrogen and oxygen atoms in total. The zero-order valence-electron chi connectivity index (χ0n) is 30.0. The summed E-state index contributed by atoms with van der Waals surface area (Å²) in [6, 6.07) is 6.62.